The number of piperidine rings is 1. The average molecular weight is 219 g/mol. The number of hydrogen-bond acceptors (Lipinski definition) is 3. The Kier molecular flexibility index (Phi) is 3.08. The van der Waals surface area contributed by atoms with Crippen LogP contribution in [-0.2, 0) is 4.79 Å². The molecule has 0 saturated carbocycles. The van der Waals surface area contributed by atoms with Crippen molar-refractivity contribution >= 4 is 12.2 Å². The highest BCUT2D eigenvalue weighted by Gasteiger charge is 2.22. The third-order valence-electron chi connectivity index (χ3n) is 3.20. The van der Waals surface area contributed by atoms with E-state index in [9.17, 15) is 4.79 Å². The fourth-order valence-corrected chi connectivity index (χ4v) is 2.23. The number of amides is 1. The summed E-state index contributed by atoms with van der Waals surface area (Å²) in [6, 6.07) is 2.22. The summed E-state index contributed by atoms with van der Waals surface area (Å²) in [5, 5.41) is 0. The number of rotatable bonds is 2. The van der Waals surface area contributed by atoms with Crippen molar-refractivity contribution in [1.82, 2.24) is 9.88 Å². The second kappa shape index (κ2) is 4.51. The Balaban J connectivity index is 2.27. The molecule has 86 valence electrons. The molecular formula is C12H17N3O. The monoisotopic (exact) mass is 219 g/mol. The van der Waals surface area contributed by atoms with Crippen molar-refractivity contribution < 1.29 is 4.79 Å². The van der Waals surface area contributed by atoms with Gasteiger partial charge in [-0.1, -0.05) is 0 Å². The number of anilines is 1. The van der Waals surface area contributed by atoms with Crippen LogP contribution in [0.2, 0.25) is 0 Å². The summed E-state index contributed by atoms with van der Waals surface area (Å²) in [5.41, 5.74) is 7.77. The molecule has 1 aromatic rings. The maximum Gasteiger partial charge on any atom is 0.210 e. The molecular weight excluding hydrogens is 202 g/mol. The van der Waals surface area contributed by atoms with Gasteiger partial charge in [0.15, 0.2) is 0 Å². The summed E-state index contributed by atoms with van der Waals surface area (Å²) in [7, 11) is 0. The van der Waals surface area contributed by atoms with Gasteiger partial charge in [-0.2, -0.15) is 0 Å². The number of nitrogens with two attached hydrogens (primary N) is 1. The molecule has 1 atom stereocenters. The lowest BCUT2D eigenvalue weighted by molar-refractivity contribution is -0.121. The Bertz CT molecular complexity index is 392. The van der Waals surface area contributed by atoms with Gasteiger partial charge < -0.3 is 10.6 Å². The molecule has 0 radical (unpaired) electrons. The minimum atomic E-state index is 0.179. The highest BCUT2D eigenvalue weighted by Crippen LogP contribution is 2.30. The van der Waals surface area contributed by atoms with Crippen molar-refractivity contribution in [3.05, 3.63) is 23.4 Å². The van der Waals surface area contributed by atoms with Gasteiger partial charge in [0.05, 0.1) is 6.04 Å². The van der Waals surface area contributed by atoms with Crippen LogP contribution in [0.15, 0.2) is 12.3 Å². The van der Waals surface area contributed by atoms with Gasteiger partial charge in [0, 0.05) is 12.7 Å². The lowest BCUT2D eigenvalue weighted by Gasteiger charge is -2.33. The topological polar surface area (TPSA) is 59.2 Å². The predicted molar refractivity (Wildman–Crippen MR) is 62.7 cm³/mol. The van der Waals surface area contributed by atoms with Gasteiger partial charge >= 0.3 is 0 Å². The SMILES string of the molecule is Cc1cc(C2CCCCN2C=O)cnc1N. The molecule has 0 spiro atoms. The second-order valence-electron chi connectivity index (χ2n) is 4.33. The van der Waals surface area contributed by atoms with Crippen LogP contribution < -0.4 is 5.73 Å². The summed E-state index contributed by atoms with van der Waals surface area (Å²) in [4.78, 5) is 17.0. The molecule has 16 heavy (non-hydrogen) atoms. The minimum absolute atomic E-state index is 0.179. The maximum atomic E-state index is 11.0. The molecule has 0 aromatic carbocycles. The van der Waals surface area contributed by atoms with Gasteiger partial charge in [-0.3, -0.25) is 4.79 Å². The van der Waals surface area contributed by atoms with E-state index < -0.39 is 0 Å². The van der Waals surface area contributed by atoms with Crippen molar-refractivity contribution in [2.75, 3.05) is 12.3 Å². The van der Waals surface area contributed by atoms with Crippen LogP contribution in [0.3, 0.4) is 0 Å². The van der Waals surface area contributed by atoms with Crippen LogP contribution in [-0.4, -0.2) is 22.8 Å². The first-order chi connectivity index (χ1) is 7.72. The molecule has 1 fully saturated rings. The summed E-state index contributed by atoms with van der Waals surface area (Å²) < 4.78 is 0. The Morgan fingerprint density at radius 1 is 1.56 bits per heavy atom. The highest BCUT2D eigenvalue weighted by atomic mass is 16.1. The number of aryl methyl sites for hydroxylation is 1. The van der Waals surface area contributed by atoms with E-state index in [4.69, 9.17) is 5.73 Å². The van der Waals surface area contributed by atoms with Crippen molar-refractivity contribution in [2.45, 2.75) is 32.2 Å². The lowest BCUT2D eigenvalue weighted by atomic mass is 9.96. The summed E-state index contributed by atoms with van der Waals surface area (Å²) >= 11 is 0. The highest BCUT2D eigenvalue weighted by molar-refractivity contribution is 5.50. The molecule has 4 nitrogen and oxygen atoms in total. The van der Waals surface area contributed by atoms with Crippen LogP contribution >= 0.6 is 0 Å². The van der Waals surface area contributed by atoms with E-state index in [1.54, 1.807) is 6.20 Å². The number of likely N-dealkylation sites (tertiary alicyclic amines) is 1. The Morgan fingerprint density at radius 3 is 3.06 bits per heavy atom. The molecule has 1 aromatic heterocycles. The van der Waals surface area contributed by atoms with Gasteiger partial charge in [0.1, 0.15) is 5.82 Å². The molecule has 2 N–H and O–H groups in total. The molecule has 2 heterocycles. The third-order valence-corrected chi connectivity index (χ3v) is 3.20. The van der Waals surface area contributed by atoms with Gasteiger partial charge in [-0.05, 0) is 43.4 Å². The number of carbonyl (C=O) groups is 1. The van der Waals surface area contributed by atoms with Gasteiger partial charge in [-0.15, -0.1) is 0 Å². The first kappa shape index (κ1) is 10.9. The van der Waals surface area contributed by atoms with Crippen molar-refractivity contribution in [1.29, 1.82) is 0 Å². The number of hydrogen-bond donors (Lipinski definition) is 1. The van der Waals surface area contributed by atoms with E-state index in [2.05, 4.69) is 4.98 Å². The van der Waals surface area contributed by atoms with E-state index in [0.29, 0.717) is 5.82 Å². The molecule has 1 aliphatic heterocycles. The average Bonchev–Trinajstić information content (AvgIpc) is 2.32. The molecule has 1 unspecified atom stereocenters. The lowest BCUT2D eigenvalue weighted by Crippen LogP contribution is -2.32. The fourth-order valence-electron chi connectivity index (χ4n) is 2.23. The largest absolute Gasteiger partial charge is 0.383 e. The number of carbonyl (C=O) groups excluding carboxylic acids is 1. The molecule has 1 saturated heterocycles. The van der Waals surface area contributed by atoms with Gasteiger partial charge in [-0.25, -0.2) is 4.98 Å². The van der Waals surface area contributed by atoms with Crippen molar-refractivity contribution in [2.24, 2.45) is 0 Å². The normalized spacial score (nSPS) is 20.8. The minimum Gasteiger partial charge on any atom is -0.383 e. The molecule has 0 aliphatic carbocycles. The molecule has 1 amide bonds. The number of aromatic nitrogens is 1. The van der Waals surface area contributed by atoms with E-state index in [-0.39, 0.29) is 6.04 Å². The van der Waals surface area contributed by atoms with Crippen LogP contribution in [0.5, 0.6) is 0 Å². The van der Waals surface area contributed by atoms with Crippen LogP contribution in [0.1, 0.15) is 36.4 Å². The molecule has 4 heteroatoms. The Morgan fingerprint density at radius 2 is 2.38 bits per heavy atom. The molecule has 2 rings (SSSR count). The number of nitrogen functional groups attached to an aromatic ring is 1. The Hall–Kier alpha value is -1.58. The fraction of sp³-hybridized carbons (Fsp3) is 0.500. The summed E-state index contributed by atoms with van der Waals surface area (Å²) in [6.45, 7) is 2.79. The molecule has 1 aliphatic rings. The zero-order valence-electron chi connectivity index (χ0n) is 9.52. The van der Waals surface area contributed by atoms with Gasteiger partial charge in [0.2, 0.25) is 6.41 Å². The zero-order valence-corrected chi connectivity index (χ0v) is 9.52. The van der Waals surface area contributed by atoms with Crippen LogP contribution in [0.4, 0.5) is 5.82 Å². The van der Waals surface area contributed by atoms with Gasteiger partial charge in [0.25, 0.3) is 0 Å². The predicted octanol–water partition coefficient (Wildman–Crippen LogP) is 1.66. The van der Waals surface area contributed by atoms with E-state index in [1.165, 1.54) is 6.42 Å². The van der Waals surface area contributed by atoms with Crippen molar-refractivity contribution in [3.63, 3.8) is 0 Å². The Labute approximate surface area is 95.5 Å². The van der Waals surface area contributed by atoms with Crippen molar-refractivity contribution in [3.8, 4) is 0 Å². The summed E-state index contributed by atoms with van der Waals surface area (Å²) in [5.74, 6) is 0.567. The smallest absolute Gasteiger partial charge is 0.210 e. The number of nitrogens with zero attached hydrogens (tertiary/aromatic N) is 2. The maximum absolute atomic E-state index is 11.0. The van der Waals surface area contributed by atoms with E-state index in [1.807, 2.05) is 17.9 Å². The van der Waals surface area contributed by atoms with Crippen LogP contribution in [0.25, 0.3) is 0 Å². The van der Waals surface area contributed by atoms with E-state index in [0.717, 1.165) is 36.9 Å². The van der Waals surface area contributed by atoms with E-state index >= 15 is 0 Å². The molecule has 0 bridgehead atoms. The summed E-state index contributed by atoms with van der Waals surface area (Å²) in [6.07, 6.45) is 6.00. The zero-order chi connectivity index (χ0) is 11.5. The first-order valence-corrected chi connectivity index (χ1v) is 5.65. The number of pyridine rings is 1. The first-order valence-electron chi connectivity index (χ1n) is 5.65. The third kappa shape index (κ3) is 2.01. The quantitative estimate of drug-likeness (QED) is 0.769. The van der Waals surface area contributed by atoms with Crippen LogP contribution in [0, 0.1) is 6.92 Å². The second-order valence-corrected chi connectivity index (χ2v) is 4.33. The standard InChI is InChI=1S/C12H17N3O/c1-9-6-10(7-14-12(9)13)11-4-2-3-5-15(11)8-16/h6-8,11H,2-5H2,1H3,(H2,13,14).